The van der Waals surface area contributed by atoms with Crippen molar-refractivity contribution >= 4 is 39.1 Å². The van der Waals surface area contributed by atoms with Crippen molar-refractivity contribution in [3.05, 3.63) is 63.9 Å². The Bertz CT molecular complexity index is 941. The lowest BCUT2D eigenvalue weighted by atomic mass is 10.1. The fraction of sp³-hybridized carbons (Fsp3) is 0.278. The summed E-state index contributed by atoms with van der Waals surface area (Å²) in [5.74, 6) is -0.826. The van der Waals surface area contributed by atoms with Gasteiger partial charge in [0, 0.05) is 36.8 Å². The van der Waals surface area contributed by atoms with Gasteiger partial charge in [-0.05, 0) is 24.3 Å². The zero-order chi connectivity index (χ0) is 19.6. The van der Waals surface area contributed by atoms with Crippen LogP contribution in [0.5, 0.6) is 0 Å². The molecule has 0 aromatic heterocycles. The van der Waals surface area contributed by atoms with E-state index in [9.17, 15) is 17.6 Å². The van der Waals surface area contributed by atoms with Crippen LogP contribution < -0.4 is 0 Å². The Hall–Kier alpha value is -1.67. The van der Waals surface area contributed by atoms with Crippen molar-refractivity contribution in [2.24, 2.45) is 0 Å². The average molecular weight is 431 g/mol. The van der Waals surface area contributed by atoms with Crippen LogP contribution in [0.2, 0.25) is 10.0 Å². The van der Waals surface area contributed by atoms with Crippen molar-refractivity contribution in [3.63, 3.8) is 0 Å². The van der Waals surface area contributed by atoms with Gasteiger partial charge in [-0.25, -0.2) is 12.8 Å². The number of halogens is 3. The van der Waals surface area contributed by atoms with Gasteiger partial charge < -0.3 is 4.90 Å². The second-order valence-electron chi connectivity index (χ2n) is 6.09. The van der Waals surface area contributed by atoms with Crippen LogP contribution in [0.25, 0.3) is 0 Å². The fourth-order valence-corrected chi connectivity index (χ4v) is 5.08. The summed E-state index contributed by atoms with van der Waals surface area (Å²) in [6.07, 6.45) is -0.164. The number of carbonyl (C=O) groups excluding carboxylic acids is 1. The lowest BCUT2D eigenvalue weighted by Crippen LogP contribution is -2.50. The number of hydrogen-bond acceptors (Lipinski definition) is 3. The number of piperazine rings is 1. The van der Waals surface area contributed by atoms with Crippen LogP contribution in [-0.2, 0) is 21.2 Å². The Kier molecular flexibility index (Phi) is 6.05. The van der Waals surface area contributed by atoms with Crippen molar-refractivity contribution in [1.82, 2.24) is 9.21 Å². The van der Waals surface area contributed by atoms with Gasteiger partial charge in [0.05, 0.1) is 11.4 Å². The van der Waals surface area contributed by atoms with E-state index in [-0.39, 0.29) is 59.0 Å². The molecule has 9 heteroatoms. The van der Waals surface area contributed by atoms with Crippen molar-refractivity contribution in [2.45, 2.75) is 11.3 Å². The Balaban J connectivity index is 1.67. The van der Waals surface area contributed by atoms with E-state index >= 15 is 0 Å². The minimum atomic E-state index is -3.73. The van der Waals surface area contributed by atoms with Gasteiger partial charge in [-0.3, -0.25) is 4.79 Å². The first-order chi connectivity index (χ1) is 12.8. The quantitative estimate of drug-likeness (QED) is 0.747. The maximum atomic E-state index is 13.9. The SMILES string of the molecule is O=C(Cc1c(F)cccc1Cl)N1CCN(S(=O)(=O)c2ccccc2Cl)CC1. The van der Waals surface area contributed by atoms with Crippen LogP contribution in [0.1, 0.15) is 5.56 Å². The summed E-state index contributed by atoms with van der Waals surface area (Å²) < 4.78 is 40.6. The molecule has 2 aromatic rings. The largest absolute Gasteiger partial charge is 0.340 e. The lowest BCUT2D eigenvalue weighted by Gasteiger charge is -2.34. The molecule has 0 spiro atoms. The van der Waals surface area contributed by atoms with Crippen LogP contribution in [0.15, 0.2) is 47.4 Å². The molecule has 27 heavy (non-hydrogen) atoms. The van der Waals surface area contributed by atoms with Gasteiger partial charge in [0.2, 0.25) is 15.9 Å². The van der Waals surface area contributed by atoms with E-state index in [1.807, 2.05) is 0 Å². The summed E-state index contributed by atoms with van der Waals surface area (Å²) in [5, 5.41) is 0.355. The van der Waals surface area contributed by atoms with E-state index in [2.05, 4.69) is 0 Å². The molecule has 0 saturated carbocycles. The highest BCUT2D eigenvalue weighted by molar-refractivity contribution is 7.89. The monoisotopic (exact) mass is 430 g/mol. The fourth-order valence-electron chi connectivity index (χ4n) is 2.94. The van der Waals surface area contributed by atoms with Gasteiger partial charge in [0.1, 0.15) is 10.7 Å². The Morgan fingerprint density at radius 1 is 0.963 bits per heavy atom. The number of benzene rings is 2. The normalized spacial score (nSPS) is 15.7. The summed E-state index contributed by atoms with van der Waals surface area (Å²) in [6.45, 7) is 0.720. The predicted octanol–water partition coefficient (Wildman–Crippen LogP) is 3.21. The number of hydrogen-bond donors (Lipinski definition) is 0. The summed E-state index contributed by atoms with van der Waals surface area (Å²) >= 11 is 12.0. The van der Waals surface area contributed by atoms with Crippen molar-refractivity contribution in [3.8, 4) is 0 Å². The number of nitrogens with zero attached hydrogens (tertiary/aromatic N) is 2. The van der Waals surface area contributed by atoms with Gasteiger partial charge >= 0.3 is 0 Å². The molecule has 0 atom stereocenters. The molecular formula is C18H17Cl2FN2O3S. The zero-order valence-corrected chi connectivity index (χ0v) is 16.6. The molecule has 0 unspecified atom stereocenters. The standard InChI is InChI=1S/C18H17Cl2FN2O3S/c19-14-5-3-6-16(21)13(14)12-18(24)22-8-10-23(11-9-22)27(25,26)17-7-2-1-4-15(17)20/h1-7H,8-12H2. The van der Waals surface area contributed by atoms with Crippen LogP contribution in [0.3, 0.4) is 0 Å². The molecule has 1 amide bonds. The third-order valence-electron chi connectivity index (χ3n) is 4.44. The topological polar surface area (TPSA) is 57.7 Å². The number of amides is 1. The van der Waals surface area contributed by atoms with E-state index in [0.29, 0.717) is 0 Å². The minimum absolute atomic E-state index is 0.0459. The van der Waals surface area contributed by atoms with Crippen molar-refractivity contribution < 1.29 is 17.6 Å². The Morgan fingerprint density at radius 3 is 2.22 bits per heavy atom. The zero-order valence-electron chi connectivity index (χ0n) is 14.2. The maximum Gasteiger partial charge on any atom is 0.244 e. The summed E-state index contributed by atoms with van der Waals surface area (Å²) in [4.78, 5) is 14.0. The number of rotatable bonds is 4. The molecule has 1 fully saturated rings. The van der Waals surface area contributed by atoms with Crippen LogP contribution in [0.4, 0.5) is 4.39 Å². The average Bonchev–Trinajstić information content (AvgIpc) is 2.65. The number of sulfonamides is 1. The molecule has 5 nitrogen and oxygen atoms in total. The lowest BCUT2D eigenvalue weighted by molar-refractivity contribution is -0.131. The van der Waals surface area contributed by atoms with Gasteiger partial charge in [0.15, 0.2) is 0 Å². The molecule has 0 N–H and O–H groups in total. The van der Waals surface area contributed by atoms with Crippen molar-refractivity contribution in [2.75, 3.05) is 26.2 Å². The van der Waals surface area contributed by atoms with E-state index in [1.54, 1.807) is 12.1 Å². The number of carbonyl (C=O) groups is 1. The van der Waals surface area contributed by atoms with E-state index in [4.69, 9.17) is 23.2 Å². The highest BCUT2D eigenvalue weighted by Crippen LogP contribution is 2.25. The summed E-state index contributed by atoms with van der Waals surface area (Å²) in [6, 6.07) is 10.5. The molecule has 144 valence electrons. The van der Waals surface area contributed by atoms with Crippen LogP contribution in [0, 0.1) is 5.82 Å². The third-order valence-corrected chi connectivity index (χ3v) is 7.19. The molecule has 1 saturated heterocycles. The molecule has 1 aliphatic rings. The van der Waals surface area contributed by atoms with Gasteiger partial charge in [-0.1, -0.05) is 41.4 Å². The molecule has 0 bridgehead atoms. The Labute approximate surface area is 167 Å². The van der Waals surface area contributed by atoms with Gasteiger partial charge in [-0.2, -0.15) is 4.31 Å². The molecule has 0 aliphatic carbocycles. The maximum absolute atomic E-state index is 13.9. The van der Waals surface area contributed by atoms with E-state index in [0.717, 1.165) is 0 Å². The molecule has 3 rings (SSSR count). The Morgan fingerprint density at radius 2 is 1.59 bits per heavy atom. The highest BCUT2D eigenvalue weighted by atomic mass is 35.5. The molecule has 0 radical (unpaired) electrons. The van der Waals surface area contributed by atoms with Gasteiger partial charge in [-0.15, -0.1) is 0 Å². The highest BCUT2D eigenvalue weighted by Gasteiger charge is 2.31. The van der Waals surface area contributed by atoms with Crippen molar-refractivity contribution in [1.29, 1.82) is 0 Å². The smallest absolute Gasteiger partial charge is 0.244 e. The first-order valence-corrected chi connectivity index (χ1v) is 10.5. The first-order valence-electron chi connectivity index (χ1n) is 8.26. The van der Waals surface area contributed by atoms with Crippen LogP contribution in [-0.4, -0.2) is 49.7 Å². The summed E-state index contributed by atoms with van der Waals surface area (Å²) in [7, 11) is -3.73. The molecule has 1 heterocycles. The minimum Gasteiger partial charge on any atom is -0.340 e. The van der Waals surface area contributed by atoms with E-state index < -0.39 is 15.8 Å². The van der Waals surface area contributed by atoms with Crippen LogP contribution >= 0.6 is 23.2 Å². The summed E-state index contributed by atoms with van der Waals surface area (Å²) in [5.41, 5.74) is 0.148. The second-order valence-corrected chi connectivity index (χ2v) is 8.81. The predicted molar refractivity (Wildman–Crippen MR) is 102 cm³/mol. The molecule has 1 aliphatic heterocycles. The first kappa shape index (κ1) is 20.1. The molecule has 2 aromatic carbocycles. The van der Waals surface area contributed by atoms with E-state index in [1.165, 1.54) is 39.5 Å². The molecular weight excluding hydrogens is 414 g/mol. The van der Waals surface area contributed by atoms with Gasteiger partial charge in [0.25, 0.3) is 0 Å². The second kappa shape index (κ2) is 8.14. The third kappa shape index (κ3) is 4.27.